The highest BCUT2D eigenvalue weighted by Gasteiger charge is 2.10. The Hall–Kier alpha value is -2.36. The van der Waals surface area contributed by atoms with Gasteiger partial charge in [0.1, 0.15) is 11.8 Å². The maximum Gasteiger partial charge on any atom is 0.404 e. The number of alkyl halides is 2. The molecule has 1 aromatic rings. The number of halogens is 2. The van der Waals surface area contributed by atoms with Crippen molar-refractivity contribution in [2.75, 3.05) is 6.54 Å². The Morgan fingerprint density at radius 2 is 2.26 bits per heavy atom. The molecule has 0 fully saturated rings. The zero-order valence-corrected chi connectivity index (χ0v) is 9.90. The van der Waals surface area contributed by atoms with Gasteiger partial charge in [0.05, 0.1) is 5.56 Å². The number of ether oxygens (including phenoxy) is 1. The molecular formula is C12H12F2N2O3. The Labute approximate surface area is 108 Å². The van der Waals surface area contributed by atoms with E-state index in [0.717, 1.165) is 5.56 Å². The number of nitrogens with zero attached hydrogens (tertiary/aromatic N) is 1. The maximum atomic E-state index is 12.1. The molecule has 0 aromatic heterocycles. The number of hydrogen-bond donors (Lipinski definition) is 2. The zero-order chi connectivity index (χ0) is 14.3. The molecule has 0 saturated carbocycles. The van der Waals surface area contributed by atoms with Crippen LogP contribution in [-0.2, 0) is 6.42 Å². The minimum absolute atomic E-state index is 0.0315. The van der Waals surface area contributed by atoms with Crippen molar-refractivity contribution in [2.24, 2.45) is 0 Å². The summed E-state index contributed by atoms with van der Waals surface area (Å²) < 4.78 is 28.3. The van der Waals surface area contributed by atoms with Crippen molar-refractivity contribution in [3.63, 3.8) is 0 Å². The Kier molecular flexibility index (Phi) is 5.54. The smallest absolute Gasteiger partial charge is 0.404 e. The van der Waals surface area contributed by atoms with E-state index in [1.165, 1.54) is 12.1 Å². The van der Waals surface area contributed by atoms with Crippen molar-refractivity contribution in [1.29, 1.82) is 5.26 Å². The van der Waals surface area contributed by atoms with Crippen molar-refractivity contribution in [2.45, 2.75) is 19.5 Å². The van der Waals surface area contributed by atoms with Gasteiger partial charge in [0.2, 0.25) is 0 Å². The Morgan fingerprint density at radius 3 is 2.84 bits per heavy atom. The first-order chi connectivity index (χ1) is 9.02. The third kappa shape index (κ3) is 5.21. The van der Waals surface area contributed by atoms with Gasteiger partial charge in [-0.05, 0) is 30.5 Å². The summed E-state index contributed by atoms with van der Waals surface area (Å²) in [6.45, 7) is -2.69. The van der Waals surface area contributed by atoms with Crippen LogP contribution in [0.25, 0.3) is 0 Å². The first-order valence-electron chi connectivity index (χ1n) is 5.47. The van der Waals surface area contributed by atoms with Gasteiger partial charge in [-0.15, -0.1) is 0 Å². The molecule has 0 unspecified atom stereocenters. The van der Waals surface area contributed by atoms with E-state index in [4.69, 9.17) is 10.4 Å². The lowest BCUT2D eigenvalue weighted by atomic mass is 10.1. The van der Waals surface area contributed by atoms with Gasteiger partial charge < -0.3 is 15.2 Å². The Morgan fingerprint density at radius 1 is 1.53 bits per heavy atom. The van der Waals surface area contributed by atoms with Gasteiger partial charge in [-0.1, -0.05) is 6.07 Å². The van der Waals surface area contributed by atoms with E-state index in [1.54, 1.807) is 12.1 Å². The zero-order valence-electron chi connectivity index (χ0n) is 9.90. The van der Waals surface area contributed by atoms with Gasteiger partial charge in [0, 0.05) is 6.54 Å². The molecule has 1 amide bonds. The van der Waals surface area contributed by atoms with E-state index in [1.807, 2.05) is 0 Å². The molecule has 19 heavy (non-hydrogen) atoms. The maximum absolute atomic E-state index is 12.1. The average molecular weight is 270 g/mol. The van der Waals surface area contributed by atoms with E-state index in [-0.39, 0.29) is 17.9 Å². The van der Waals surface area contributed by atoms with Crippen molar-refractivity contribution in [1.82, 2.24) is 5.32 Å². The number of benzene rings is 1. The van der Waals surface area contributed by atoms with Crippen molar-refractivity contribution in [3.05, 3.63) is 29.3 Å². The molecule has 0 atom stereocenters. The van der Waals surface area contributed by atoms with Gasteiger partial charge in [-0.2, -0.15) is 14.0 Å². The highest BCUT2D eigenvalue weighted by Crippen LogP contribution is 2.21. The summed E-state index contributed by atoms with van der Waals surface area (Å²) in [4.78, 5) is 10.2. The van der Waals surface area contributed by atoms with Crippen LogP contribution in [0.5, 0.6) is 5.75 Å². The van der Waals surface area contributed by atoms with E-state index < -0.39 is 12.7 Å². The molecular weight excluding hydrogens is 258 g/mol. The lowest BCUT2D eigenvalue weighted by molar-refractivity contribution is -0.0500. The first kappa shape index (κ1) is 14.7. The molecule has 2 N–H and O–H groups in total. The quantitative estimate of drug-likeness (QED) is 0.777. The van der Waals surface area contributed by atoms with Crippen LogP contribution in [0.4, 0.5) is 13.6 Å². The molecule has 0 aliphatic rings. The van der Waals surface area contributed by atoms with E-state index in [2.05, 4.69) is 10.1 Å². The van der Waals surface area contributed by atoms with Crippen LogP contribution in [0.3, 0.4) is 0 Å². The number of hydrogen-bond acceptors (Lipinski definition) is 3. The second-order valence-corrected chi connectivity index (χ2v) is 3.66. The molecule has 102 valence electrons. The summed E-state index contributed by atoms with van der Waals surface area (Å²) in [6, 6.07) is 6.12. The van der Waals surface area contributed by atoms with Gasteiger partial charge in [0.25, 0.3) is 0 Å². The molecule has 0 aliphatic heterocycles. The van der Waals surface area contributed by atoms with Crippen LogP contribution in [0, 0.1) is 11.3 Å². The lowest BCUT2D eigenvalue weighted by Gasteiger charge is -2.08. The Balaban J connectivity index is 2.62. The largest absolute Gasteiger partial charge is 0.465 e. The third-order valence-corrected chi connectivity index (χ3v) is 2.30. The lowest BCUT2D eigenvalue weighted by Crippen LogP contribution is -2.22. The molecule has 0 aliphatic carbocycles. The number of carboxylic acid groups (broad SMARTS) is 1. The first-order valence-corrected chi connectivity index (χ1v) is 5.47. The molecule has 0 saturated heterocycles. The number of amides is 1. The number of carbonyl (C=O) groups is 1. The summed E-state index contributed by atoms with van der Waals surface area (Å²) in [5.74, 6) is -0.162. The minimum Gasteiger partial charge on any atom is -0.465 e. The fourth-order valence-electron chi connectivity index (χ4n) is 1.51. The van der Waals surface area contributed by atoms with Crippen LogP contribution in [0.1, 0.15) is 17.5 Å². The summed E-state index contributed by atoms with van der Waals surface area (Å²) in [6.07, 6.45) is -0.0192. The fraction of sp³-hybridized carbons (Fsp3) is 0.333. The molecule has 0 heterocycles. The summed E-state index contributed by atoms with van der Waals surface area (Å²) in [7, 11) is 0. The van der Waals surface area contributed by atoms with Crippen LogP contribution in [-0.4, -0.2) is 24.4 Å². The molecule has 1 aromatic carbocycles. The normalized spacial score (nSPS) is 10.0. The number of nitrogens with one attached hydrogen (secondary N) is 1. The molecule has 0 spiro atoms. The van der Waals surface area contributed by atoms with Gasteiger partial charge in [0.15, 0.2) is 0 Å². The second kappa shape index (κ2) is 7.16. The van der Waals surface area contributed by atoms with Crippen LogP contribution < -0.4 is 10.1 Å². The standard InChI is InChI=1S/C12H12F2N2O3/c13-11(14)19-10-4-3-8(6-9(10)7-15)2-1-5-16-12(17)18/h3-4,6,11,16H,1-2,5H2,(H,17,18). The summed E-state index contributed by atoms with van der Waals surface area (Å²) in [5.41, 5.74) is 0.786. The van der Waals surface area contributed by atoms with Crippen molar-refractivity contribution < 1.29 is 23.4 Å². The molecule has 5 nitrogen and oxygen atoms in total. The fourth-order valence-corrected chi connectivity index (χ4v) is 1.51. The van der Waals surface area contributed by atoms with Crippen LogP contribution >= 0.6 is 0 Å². The highest BCUT2D eigenvalue weighted by molar-refractivity contribution is 5.64. The van der Waals surface area contributed by atoms with Crippen LogP contribution in [0.15, 0.2) is 18.2 Å². The predicted octanol–water partition coefficient (Wildman–Crippen LogP) is 2.36. The Bertz CT molecular complexity index is 486. The SMILES string of the molecule is N#Cc1cc(CCCNC(=O)O)ccc1OC(F)F. The van der Waals surface area contributed by atoms with E-state index >= 15 is 0 Å². The van der Waals surface area contributed by atoms with Crippen molar-refractivity contribution >= 4 is 6.09 Å². The number of nitriles is 1. The topological polar surface area (TPSA) is 82.4 Å². The van der Waals surface area contributed by atoms with Crippen LogP contribution in [0.2, 0.25) is 0 Å². The molecule has 7 heteroatoms. The van der Waals surface area contributed by atoms with E-state index in [0.29, 0.717) is 12.8 Å². The number of rotatable bonds is 6. The molecule has 1 rings (SSSR count). The number of aryl methyl sites for hydroxylation is 1. The monoisotopic (exact) mass is 270 g/mol. The predicted molar refractivity (Wildman–Crippen MR) is 62.1 cm³/mol. The molecule has 0 bridgehead atoms. The minimum atomic E-state index is -2.97. The summed E-state index contributed by atoms with van der Waals surface area (Å²) in [5, 5.41) is 19.4. The van der Waals surface area contributed by atoms with E-state index in [9.17, 15) is 13.6 Å². The van der Waals surface area contributed by atoms with Gasteiger partial charge in [-0.3, -0.25) is 0 Å². The highest BCUT2D eigenvalue weighted by atomic mass is 19.3. The van der Waals surface area contributed by atoms with Gasteiger partial charge >= 0.3 is 12.7 Å². The summed E-state index contributed by atoms with van der Waals surface area (Å²) >= 11 is 0. The second-order valence-electron chi connectivity index (χ2n) is 3.66. The third-order valence-electron chi connectivity index (χ3n) is 2.30. The van der Waals surface area contributed by atoms with Crippen molar-refractivity contribution in [3.8, 4) is 11.8 Å². The average Bonchev–Trinajstić information content (AvgIpc) is 2.35. The molecule has 0 radical (unpaired) electrons. The van der Waals surface area contributed by atoms with Gasteiger partial charge in [-0.25, -0.2) is 4.79 Å².